The van der Waals surface area contributed by atoms with Crippen molar-refractivity contribution in [1.29, 1.82) is 0 Å². The van der Waals surface area contributed by atoms with Gasteiger partial charge in [-0.25, -0.2) is 4.79 Å². The minimum Gasteiger partial charge on any atom is -0.444 e. The molecule has 18 heavy (non-hydrogen) atoms. The number of amides is 1. The monoisotopic (exact) mass is 262 g/mol. The maximum Gasteiger partial charge on any atom is 0.412 e. The van der Waals surface area contributed by atoms with Gasteiger partial charge in [-0.05, 0) is 11.6 Å². The Hall–Kier alpha value is -2.07. The molecule has 1 aromatic carbocycles. The molecule has 0 fully saturated rings. The minimum absolute atomic E-state index is 0.213. The van der Waals surface area contributed by atoms with E-state index in [4.69, 9.17) is 16.3 Å². The van der Waals surface area contributed by atoms with Gasteiger partial charge in [0.25, 0.3) is 0 Å². The molecule has 1 heterocycles. The number of carbonyl (C=O) groups excluding carboxylic acids is 1. The van der Waals surface area contributed by atoms with Gasteiger partial charge in [0.1, 0.15) is 6.61 Å². The molecular weight excluding hydrogens is 252 g/mol. The first-order valence-electron chi connectivity index (χ1n) is 5.33. The summed E-state index contributed by atoms with van der Waals surface area (Å²) in [6.45, 7) is 0.213. The van der Waals surface area contributed by atoms with Crippen molar-refractivity contribution < 1.29 is 9.53 Å². The molecule has 0 atom stereocenters. The zero-order chi connectivity index (χ0) is 12.8. The van der Waals surface area contributed by atoms with Crippen LogP contribution in [0.2, 0.25) is 5.02 Å². The molecule has 5 heteroatoms. The summed E-state index contributed by atoms with van der Waals surface area (Å²) in [5.74, 6) is 0. The number of anilines is 1. The van der Waals surface area contributed by atoms with E-state index in [1.165, 1.54) is 6.20 Å². The molecule has 0 radical (unpaired) electrons. The number of nitrogens with zero attached hydrogens (tertiary/aromatic N) is 1. The van der Waals surface area contributed by atoms with E-state index in [1.54, 1.807) is 12.3 Å². The minimum atomic E-state index is -0.561. The van der Waals surface area contributed by atoms with Gasteiger partial charge < -0.3 is 4.74 Å². The van der Waals surface area contributed by atoms with E-state index in [0.717, 1.165) is 5.56 Å². The molecule has 0 saturated heterocycles. The Balaban J connectivity index is 1.88. The third-order valence-corrected chi connectivity index (χ3v) is 2.55. The fraction of sp³-hybridized carbons (Fsp3) is 0.0769. The normalized spacial score (nSPS) is 9.83. The summed E-state index contributed by atoms with van der Waals surface area (Å²) >= 11 is 5.88. The number of halogens is 1. The van der Waals surface area contributed by atoms with Gasteiger partial charge in [0.15, 0.2) is 0 Å². The Morgan fingerprint density at radius 2 is 2.06 bits per heavy atom. The van der Waals surface area contributed by atoms with Crippen LogP contribution in [0.25, 0.3) is 0 Å². The largest absolute Gasteiger partial charge is 0.444 e. The summed E-state index contributed by atoms with van der Waals surface area (Å²) in [5, 5.41) is 2.94. The van der Waals surface area contributed by atoms with Crippen LogP contribution in [-0.2, 0) is 11.3 Å². The lowest BCUT2D eigenvalue weighted by Crippen LogP contribution is -2.13. The summed E-state index contributed by atoms with van der Waals surface area (Å²) in [6, 6.07) is 11.0. The average Bonchev–Trinajstić information content (AvgIpc) is 2.40. The average molecular weight is 263 g/mol. The third-order valence-electron chi connectivity index (χ3n) is 2.22. The molecule has 1 aromatic heterocycles. The molecule has 1 N–H and O–H groups in total. The predicted octanol–water partition coefficient (Wildman–Crippen LogP) is 3.48. The highest BCUT2D eigenvalue weighted by Gasteiger charge is 2.06. The van der Waals surface area contributed by atoms with E-state index >= 15 is 0 Å². The number of hydrogen-bond donors (Lipinski definition) is 1. The molecule has 2 rings (SSSR count). The maximum atomic E-state index is 11.5. The van der Waals surface area contributed by atoms with Gasteiger partial charge in [-0.3, -0.25) is 10.3 Å². The number of benzene rings is 1. The van der Waals surface area contributed by atoms with Gasteiger partial charge in [-0.2, -0.15) is 0 Å². The van der Waals surface area contributed by atoms with Gasteiger partial charge in [0, 0.05) is 6.20 Å². The van der Waals surface area contributed by atoms with Crippen LogP contribution in [-0.4, -0.2) is 11.1 Å². The SMILES string of the molecule is O=C(Nc1cnccc1Cl)OCc1ccccc1. The van der Waals surface area contributed by atoms with Crippen LogP contribution in [0.15, 0.2) is 48.8 Å². The number of aromatic nitrogens is 1. The van der Waals surface area contributed by atoms with Crippen molar-refractivity contribution in [2.24, 2.45) is 0 Å². The second kappa shape index (κ2) is 6.02. The Kier molecular flexibility index (Phi) is 4.15. The number of nitrogens with one attached hydrogen (secondary N) is 1. The van der Waals surface area contributed by atoms with Crippen molar-refractivity contribution in [3.63, 3.8) is 0 Å². The van der Waals surface area contributed by atoms with Crippen LogP contribution in [0.1, 0.15) is 5.56 Å². The lowest BCUT2D eigenvalue weighted by atomic mass is 10.2. The van der Waals surface area contributed by atoms with Gasteiger partial charge in [0.05, 0.1) is 16.9 Å². The standard InChI is InChI=1S/C13H11ClN2O2/c14-11-6-7-15-8-12(11)16-13(17)18-9-10-4-2-1-3-5-10/h1-8H,9H2,(H,16,17). The van der Waals surface area contributed by atoms with Gasteiger partial charge in [0.2, 0.25) is 0 Å². The van der Waals surface area contributed by atoms with Crippen LogP contribution in [0.3, 0.4) is 0 Å². The van der Waals surface area contributed by atoms with E-state index < -0.39 is 6.09 Å². The van der Waals surface area contributed by atoms with E-state index in [1.807, 2.05) is 30.3 Å². The second-order valence-electron chi connectivity index (χ2n) is 3.54. The molecule has 92 valence electrons. The predicted molar refractivity (Wildman–Crippen MR) is 69.5 cm³/mol. The number of pyridine rings is 1. The Labute approximate surface area is 110 Å². The Morgan fingerprint density at radius 1 is 1.28 bits per heavy atom. The lowest BCUT2D eigenvalue weighted by Gasteiger charge is -2.07. The van der Waals surface area contributed by atoms with Crippen molar-refractivity contribution in [3.05, 3.63) is 59.4 Å². The van der Waals surface area contributed by atoms with Crippen molar-refractivity contribution in [1.82, 2.24) is 4.98 Å². The summed E-state index contributed by atoms with van der Waals surface area (Å²) < 4.78 is 5.05. The van der Waals surface area contributed by atoms with Crippen LogP contribution in [0.4, 0.5) is 10.5 Å². The summed E-state index contributed by atoms with van der Waals surface area (Å²) in [5.41, 5.74) is 1.35. The zero-order valence-corrected chi connectivity index (χ0v) is 10.2. The summed E-state index contributed by atoms with van der Waals surface area (Å²) in [4.78, 5) is 15.4. The highest BCUT2D eigenvalue weighted by Crippen LogP contribution is 2.19. The van der Waals surface area contributed by atoms with Crippen LogP contribution in [0.5, 0.6) is 0 Å². The van der Waals surface area contributed by atoms with Crippen LogP contribution >= 0.6 is 11.6 Å². The number of hydrogen-bond acceptors (Lipinski definition) is 3. The fourth-order valence-corrected chi connectivity index (χ4v) is 1.49. The quantitative estimate of drug-likeness (QED) is 0.921. The van der Waals surface area contributed by atoms with E-state index in [9.17, 15) is 4.79 Å². The number of carbonyl (C=O) groups is 1. The van der Waals surface area contributed by atoms with Crippen molar-refractivity contribution in [2.45, 2.75) is 6.61 Å². The fourth-order valence-electron chi connectivity index (χ4n) is 1.34. The van der Waals surface area contributed by atoms with E-state index in [-0.39, 0.29) is 6.61 Å². The number of rotatable bonds is 3. The summed E-state index contributed by atoms with van der Waals surface area (Å²) in [6.07, 6.45) is 2.45. The van der Waals surface area contributed by atoms with Crippen LogP contribution < -0.4 is 5.32 Å². The molecule has 4 nitrogen and oxygen atoms in total. The molecule has 2 aromatic rings. The van der Waals surface area contributed by atoms with Gasteiger partial charge in [-0.15, -0.1) is 0 Å². The van der Waals surface area contributed by atoms with Gasteiger partial charge >= 0.3 is 6.09 Å². The van der Waals surface area contributed by atoms with E-state index in [2.05, 4.69) is 10.3 Å². The van der Waals surface area contributed by atoms with Crippen molar-refractivity contribution in [2.75, 3.05) is 5.32 Å². The molecule has 0 unspecified atom stereocenters. The Morgan fingerprint density at radius 3 is 2.78 bits per heavy atom. The molecule has 0 aliphatic carbocycles. The molecule has 0 spiro atoms. The first kappa shape index (κ1) is 12.4. The molecule has 0 saturated carbocycles. The Bertz CT molecular complexity index is 532. The third kappa shape index (κ3) is 3.46. The zero-order valence-electron chi connectivity index (χ0n) is 9.47. The molecule has 0 aliphatic rings. The van der Waals surface area contributed by atoms with Crippen molar-refractivity contribution >= 4 is 23.4 Å². The highest BCUT2D eigenvalue weighted by molar-refractivity contribution is 6.33. The molecule has 0 aliphatic heterocycles. The maximum absolute atomic E-state index is 11.5. The highest BCUT2D eigenvalue weighted by atomic mass is 35.5. The van der Waals surface area contributed by atoms with Gasteiger partial charge in [-0.1, -0.05) is 41.9 Å². The first-order valence-corrected chi connectivity index (χ1v) is 5.71. The van der Waals surface area contributed by atoms with Crippen molar-refractivity contribution in [3.8, 4) is 0 Å². The lowest BCUT2D eigenvalue weighted by molar-refractivity contribution is 0.155. The molecular formula is C13H11ClN2O2. The smallest absolute Gasteiger partial charge is 0.412 e. The molecule has 0 bridgehead atoms. The molecule has 1 amide bonds. The topological polar surface area (TPSA) is 51.2 Å². The first-order chi connectivity index (χ1) is 8.75. The van der Waals surface area contributed by atoms with Crippen LogP contribution in [0, 0.1) is 0 Å². The second-order valence-corrected chi connectivity index (χ2v) is 3.95. The number of ether oxygens (including phenoxy) is 1. The van der Waals surface area contributed by atoms with E-state index in [0.29, 0.717) is 10.7 Å². The summed E-state index contributed by atoms with van der Waals surface area (Å²) in [7, 11) is 0.